The zero-order chi connectivity index (χ0) is 13.6. The van der Waals surface area contributed by atoms with Crippen LogP contribution in [0.4, 0.5) is 0 Å². The van der Waals surface area contributed by atoms with E-state index in [9.17, 15) is 0 Å². The van der Waals surface area contributed by atoms with Gasteiger partial charge in [-0.2, -0.15) is 0 Å². The smallest absolute Gasteiger partial charge is 0.395 e. The fourth-order valence-electron chi connectivity index (χ4n) is 2.53. The number of rotatable bonds is 4. The lowest BCUT2D eigenvalue weighted by atomic mass is 10.5. The van der Waals surface area contributed by atoms with Gasteiger partial charge in [-0.3, -0.25) is 0 Å². The Hall–Kier alpha value is -0.0231. The van der Waals surface area contributed by atoms with E-state index in [0.29, 0.717) is 26.4 Å². The van der Waals surface area contributed by atoms with E-state index in [1.807, 2.05) is 0 Å². The lowest BCUT2D eigenvalue weighted by Crippen LogP contribution is -2.65. The first-order chi connectivity index (χ1) is 9.33. The molecule has 112 valence electrons. The third-order valence-electron chi connectivity index (χ3n) is 3.58. The average molecular weight is 292 g/mol. The zero-order valence-electron chi connectivity index (χ0n) is 11.8. The largest absolute Gasteiger partial charge is 0.402 e. The van der Waals surface area contributed by atoms with Gasteiger partial charge in [0.05, 0.1) is 13.2 Å². The summed E-state index contributed by atoms with van der Waals surface area (Å²) in [5, 5.41) is 0. The van der Waals surface area contributed by atoms with E-state index in [0.717, 1.165) is 26.1 Å². The first-order valence-electron chi connectivity index (χ1n) is 6.82. The molecule has 7 heteroatoms. The third-order valence-corrected chi connectivity index (χ3v) is 7.32. The van der Waals surface area contributed by atoms with Crippen LogP contribution in [0.1, 0.15) is 12.8 Å². The number of ether oxygens (including phenoxy) is 4. The Bertz CT molecular complexity index is 223. The molecule has 0 spiro atoms. The van der Waals surface area contributed by atoms with Crippen LogP contribution in [0.3, 0.4) is 0 Å². The maximum Gasteiger partial charge on any atom is 0.402 e. The van der Waals surface area contributed by atoms with Crippen LogP contribution >= 0.6 is 0 Å². The van der Waals surface area contributed by atoms with Crippen molar-refractivity contribution in [3.8, 4) is 0 Å². The topological polar surface area (TPSA) is 55.4 Å². The minimum atomic E-state index is -2.70. The summed E-state index contributed by atoms with van der Waals surface area (Å²) in [6.07, 6.45) is 1.80. The first-order valence-corrected chi connectivity index (χ1v) is 8.79. The van der Waals surface area contributed by atoms with Crippen molar-refractivity contribution in [2.45, 2.75) is 24.3 Å². The molecule has 0 N–H and O–H groups in total. The summed E-state index contributed by atoms with van der Waals surface area (Å²) in [5.41, 5.74) is -0.367. The highest BCUT2D eigenvalue weighted by Gasteiger charge is 2.54. The van der Waals surface area contributed by atoms with Gasteiger partial charge >= 0.3 is 8.56 Å². The van der Waals surface area contributed by atoms with Crippen LogP contribution in [-0.2, 0) is 27.8 Å². The zero-order valence-corrected chi connectivity index (χ0v) is 12.8. The minimum absolute atomic E-state index is 0.184. The van der Waals surface area contributed by atoms with Gasteiger partial charge in [0, 0.05) is 40.6 Å². The average Bonchev–Trinajstić information content (AvgIpc) is 2.86. The Labute approximate surface area is 115 Å². The molecule has 19 heavy (non-hydrogen) atoms. The van der Waals surface area contributed by atoms with Crippen molar-refractivity contribution in [1.29, 1.82) is 0 Å². The highest BCUT2D eigenvalue weighted by molar-refractivity contribution is 6.70. The Balaban J connectivity index is 2.13. The van der Waals surface area contributed by atoms with Crippen LogP contribution in [0.25, 0.3) is 0 Å². The van der Waals surface area contributed by atoms with Crippen molar-refractivity contribution < 1.29 is 27.8 Å². The summed E-state index contributed by atoms with van der Waals surface area (Å²) in [5.74, 6) is 0. The third kappa shape index (κ3) is 3.55. The standard InChI is InChI=1S/C12H24O6Si/c1-13-19(14-2,11-9-15-5-3-7-17-11)12-10-16-6-4-8-18-12/h11-12H,3-10H2,1-2H3. The predicted molar refractivity (Wildman–Crippen MR) is 70.1 cm³/mol. The molecule has 2 aliphatic heterocycles. The molecule has 0 aromatic carbocycles. The maximum absolute atomic E-state index is 5.90. The van der Waals surface area contributed by atoms with Crippen LogP contribution in [0.5, 0.6) is 0 Å². The molecule has 2 heterocycles. The molecule has 6 nitrogen and oxygen atoms in total. The van der Waals surface area contributed by atoms with Gasteiger partial charge in [0.2, 0.25) is 0 Å². The van der Waals surface area contributed by atoms with Crippen LogP contribution in [0.15, 0.2) is 0 Å². The van der Waals surface area contributed by atoms with E-state index in [1.165, 1.54) is 0 Å². The highest BCUT2D eigenvalue weighted by atomic mass is 28.4. The SMILES string of the molecule is CO[Si](OC)(C1COCCCO1)C1COCCCO1. The summed E-state index contributed by atoms with van der Waals surface area (Å²) in [6, 6.07) is 0. The molecule has 2 unspecified atom stereocenters. The van der Waals surface area contributed by atoms with E-state index in [4.69, 9.17) is 27.8 Å². The van der Waals surface area contributed by atoms with Crippen molar-refractivity contribution in [2.24, 2.45) is 0 Å². The summed E-state index contributed by atoms with van der Waals surface area (Å²) < 4.78 is 34.5. The molecule has 0 saturated carbocycles. The van der Waals surface area contributed by atoms with Crippen LogP contribution in [-0.4, -0.2) is 73.9 Å². The van der Waals surface area contributed by atoms with Gasteiger partial charge in [-0.25, -0.2) is 0 Å². The molecule has 0 aromatic rings. The van der Waals surface area contributed by atoms with E-state index in [1.54, 1.807) is 14.2 Å². The van der Waals surface area contributed by atoms with Gasteiger partial charge in [-0.1, -0.05) is 0 Å². The van der Waals surface area contributed by atoms with Crippen molar-refractivity contribution in [3.05, 3.63) is 0 Å². The van der Waals surface area contributed by atoms with E-state index in [-0.39, 0.29) is 11.5 Å². The first kappa shape index (κ1) is 15.4. The number of hydrogen-bond acceptors (Lipinski definition) is 6. The predicted octanol–water partition coefficient (Wildman–Crippen LogP) is 0.411. The summed E-state index contributed by atoms with van der Waals surface area (Å²) in [6.45, 7) is 3.76. The molecule has 2 aliphatic rings. The van der Waals surface area contributed by atoms with Crippen LogP contribution in [0.2, 0.25) is 0 Å². The second kappa shape index (κ2) is 7.68. The molecular formula is C12H24O6Si. The molecule has 2 rings (SSSR count). The summed E-state index contributed by atoms with van der Waals surface area (Å²) >= 11 is 0. The quantitative estimate of drug-likeness (QED) is 0.700. The lowest BCUT2D eigenvalue weighted by Gasteiger charge is -2.38. The molecule has 2 atom stereocenters. The maximum atomic E-state index is 5.90. The Morgan fingerprint density at radius 1 is 0.789 bits per heavy atom. The van der Waals surface area contributed by atoms with Gasteiger partial charge in [-0.05, 0) is 12.8 Å². The van der Waals surface area contributed by atoms with Crippen LogP contribution in [0, 0.1) is 0 Å². The molecular weight excluding hydrogens is 268 g/mol. The van der Waals surface area contributed by atoms with Gasteiger partial charge < -0.3 is 27.8 Å². The normalized spacial score (nSPS) is 30.6. The van der Waals surface area contributed by atoms with Gasteiger partial charge in [0.1, 0.15) is 11.5 Å². The molecule has 0 aliphatic carbocycles. The van der Waals surface area contributed by atoms with E-state index in [2.05, 4.69) is 0 Å². The Kier molecular flexibility index (Phi) is 6.21. The molecule has 0 bridgehead atoms. The Morgan fingerprint density at radius 3 is 1.68 bits per heavy atom. The minimum Gasteiger partial charge on any atom is -0.395 e. The second-order valence-electron chi connectivity index (χ2n) is 4.71. The van der Waals surface area contributed by atoms with E-state index < -0.39 is 8.56 Å². The molecule has 0 amide bonds. The highest BCUT2D eigenvalue weighted by Crippen LogP contribution is 2.25. The van der Waals surface area contributed by atoms with Gasteiger partial charge in [-0.15, -0.1) is 0 Å². The van der Waals surface area contributed by atoms with E-state index >= 15 is 0 Å². The molecule has 0 aromatic heterocycles. The van der Waals surface area contributed by atoms with Crippen molar-refractivity contribution in [2.75, 3.05) is 53.9 Å². The summed E-state index contributed by atoms with van der Waals surface area (Å²) in [7, 11) is 0.629. The van der Waals surface area contributed by atoms with Crippen molar-refractivity contribution >= 4 is 8.56 Å². The molecule has 0 radical (unpaired) electrons. The fourth-order valence-corrected chi connectivity index (χ4v) is 5.56. The number of hydrogen-bond donors (Lipinski definition) is 0. The van der Waals surface area contributed by atoms with Crippen LogP contribution < -0.4 is 0 Å². The van der Waals surface area contributed by atoms with Crippen molar-refractivity contribution in [1.82, 2.24) is 0 Å². The molecule has 2 fully saturated rings. The molecule has 2 saturated heterocycles. The van der Waals surface area contributed by atoms with Gasteiger partial charge in [0.15, 0.2) is 0 Å². The summed E-state index contributed by atoms with van der Waals surface area (Å²) in [4.78, 5) is 0. The van der Waals surface area contributed by atoms with Crippen molar-refractivity contribution in [3.63, 3.8) is 0 Å². The van der Waals surface area contributed by atoms with Gasteiger partial charge in [0.25, 0.3) is 0 Å². The fraction of sp³-hybridized carbons (Fsp3) is 1.00. The second-order valence-corrected chi connectivity index (χ2v) is 8.25. The monoisotopic (exact) mass is 292 g/mol. The lowest BCUT2D eigenvalue weighted by molar-refractivity contribution is -0.0113. The Morgan fingerprint density at radius 2 is 1.26 bits per heavy atom.